The Bertz CT molecular complexity index is 1040. The lowest BCUT2D eigenvalue weighted by molar-refractivity contribution is 0.326. The van der Waals surface area contributed by atoms with Crippen molar-refractivity contribution >= 4 is 15.8 Å². The second-order valence-corrected chi connectivity index (χ2v) is 11.6. The van der Waals surface area contributed by atoms with Crippen molar-refractivity contribution in [2.24, 2.45) is 5.92 Å². The van der Waals surface area contributed by atoms with Crippen LogP contribution in [0.1, 0.15) is 48.1 Å². The Hall–Kier alpha value is -1.99. The van der Waals surface area contributed by atoms with Gasteiger partial charge in [0.15, 0.2) is 9.84 Å². The van der Waals surface area contributed by atoms with Crippen LogP contribution in [0.2, 0.25) is 0 Å². The highest BCUT2D eigenvalue weighted by molar-refractivity contribution is 7.91. The molecular formula is C23H30N4O2S. The van der Waals surface area contributed by atoms with E-state index in [1.54, 1.807) is 6.20 Å². The van der Waals surface area contributed by atoms with Gasteiger partial charge in [0.05, 0.1) is 16.7 Å². The van der Waals surface area contributed by atoms with Crippen molar-refractivity contribution in [3.8, 4) is 0 Å². The second kappa shape index (κ2) is 7.61. The highest BCUT2D eigenvalue weighted by Gasteiger charge is 2.47. The highest BCUT2D eigenvalue weighted by atomic mass is 32.2. The number of sulfone groups is 1. The first kappa shape index (κ1) is 19.9. The zero-order valence-corrected chi connectivity index (χ0v) is 18.6. The van der Waals surface area contributed by atoms with Crippen LogP contribution in [0.5, 0.6) is 0 Å². The molecule has 0 radical (unpaired) electrons. The van der Waals surface area contributed by atoms with E-state index < -0.39 is 9.84 Å². The molecule has 7 heteroatoms. The summed E-state index contributed by atoms with van der Waals surface area (Å²) in [6.45, 7) is 8.41. The van der Waals surface area contributed by atoms with Crippen LogP contribution in [-0.4, -0.2) is 54.7 Å². The molecule has 0 spiro atoms. The van der Waals surface area contributed by atoms with Gasteiger partial charge in [-0.1, -0.05) is 36.8 Å². The van der Waals surface area contributed by atoms with Gasteiger partial charge >= 0.3 is 0 Å². The molecule has 2 saturated heterocycles. The van der Waals surface area contributed by atoms with E-state index in [0.29, 0.717) is 12.5 Å². The van der Waals surface area contributed by atoms with Gasteiger partial charge in [-0.25, -0.2) is 18.4 Å². The van der Waals surface area contributed by atoms with Crippen LogP contribution in [0.15, 0.2) is 30.5 Å². The van der Waals surface area contributed by atoms with Crippen LogP contribution in [0.25, 0.3) is 0 Å². The molecule has 3 atom stereocenters. The number of nitrogens with zero attached hydrogens (tertiary/aromatic N) is 4. The molecule has 2 aromatic rings. The summed E-state index contributed by atoms with van der Waals surface area (Å²) in [5.41, 5.74) is 4.22. The van der Waals surface area contributed by atoms with E-state index in [9.17, 15) is 8.42 Å². The van der Waals surface area contributed by atoms with Gasteiger partial charge in [-0.15, -0.1) is 0 Å². The largest absolute Gasteiger partial charge is 0.341 e. The predicted molar refractivity (Wildman–Crippen MR) is 118 cm³/mol. The van der Waals surface area contributed by atoms with Crippen molar-refractivity contribution < 1.29 is 8.42 Å². The fourth-order valence-corrected chi connectivity index (χ4v) is 7.27. The first-order valence-corrected chi connectivity index (χ1v) is 12.7. The molecule has 0 amide bonds. The number of hydrogen-bond acceptors (Lipinski definition) is 6. The lowest BCUT2D eigenvalue weighted by Crippen LogP contribution is -2.38. The van der Waals surface area contributed by atoms with Gasteiger partial charge in [0, 0.05) is 50.4 Å². The van der Waals surface area contributed by atoms with Crippen LogP contribution in [0.3, 0.4) is 0 Å². The lowest BCUT2D eigenvalue weighted by Gasteiger charge is -2.32. The number of anilines is 1. The number of benzene rings is 1. The van der Waals surface area contributed by atoms with E-state index >= 15 is 0 Å². The predicted octanol–water partition coefficient (Wildman–Crippen LogP) is 2.92. The topological polar surface area (TPSA) is 66.4 Å². The second-order valence-electron chi connectivity index (χ2n) is 9.41. The molecule has 3 aliphatic rings. The Morgan fingerprint density at radius 1 is 1.13 bits per heavy atom. The van der Waals surface area contributed by atoms with E-state index in [-0.39, 0.29) is 16.9 Å². The zero-order valence-electron chi connectivity index (χ0n) is 17.8. The third kappa shape index (κ3) is 3.73. The summed E-state index contributed by atoms with van der Waals surface area (Å²) >= 11 is 0. The van der Waals surface area contributed by atoms with Crippen molar-refractivity contribution in [1.82, 2.24) is 14.9 Å². The Morgan fingerprint density at radius 2 is 1.93 bits per heavy atom. The third-order valence-electron chi connectivity index (χ3n) is 6.86. The number of likely N-dealkylation sites (tertiary alicyclic amines) is 1. The summed E-state index contributed by atoms with van der Waals surface area (Å²) in [6.07, 6.45) is 4.18. The maximum Gasteiger partial charge on any atom is 0.225 e. The van der Waals surface area contributed by atoms with E-state index in [4.69, 9.17) is 4.98 Å². The average molecular weight is 427 g/mol. The van der Waals surface area contributed by atoms with Gasteiger partial charge in [0.25, 0.3) is 0 Å². The molecule has 2 fully saturated rings. The maximum absolute atomic E-state index is 13.0. The summed E-state index contributed by atoms with van der Waals surface area (Å²) in [5, 5.41) is -0.363. The molecular weight excluding hydrogens is 396 g/mol. The van der Waals surface area contributed by atoms with E-state index in [1.165, 1.54) is 17.5 Å². The molecule has 0 unspecified atom stereocenters. The number of hydrogen-bond donors (Lipinski definition) is 0. The molecule has 4 heterocycles. The number of aromatic nitrogens is 2. The summed E-state index contributed by atoms with van der Waals surface area (Å²) in [6, 6.07) is 8.50. The highest BCUT2D eigenvalue weighted by Crippen LogP contribution is 2.40. The molecule has 0 bridgehead atoms. The fourth-order valence-electron chi connectivity index (χ4n) is 5.25. The molecule has 1 aromatic carbocycles. The number of fused-ring (bicyclic) bond motifs is 3. The first-order valence-electron chi connectivity index (χ1n) is 11.0. The quantitative estimate of drug-likeness (QED) is 0.752. The minimum atomic E-state index is -3.19. The Balaban J connectivity index is 1.42. The van der Waals surface area contributed by atoms with Gasteiger partial charge < -0.3 is 4.90 Å². The van der Waals surface area contributed by atoms with Crippen LogP contribution < -0.4 is 4.90 Å². The van der Waals surface area contributed by atoms with Gasteiger partial charge in [-0.2, -0.15) is 0 Å². The van der Waals surface area contributed by atoms with Gasteiger partial charge in [0.1, 0.15) is 0 Å². The smallest absolute Gasteiger partial charge is 0.225 e. The maximum atomic E-state index is 13.0. The van der Waals surface area contributed by atoms with Crippen molar-refractivity contribution in [1.29, 1.82) is 0 Å². The standard InChI is InChI=1S/C23H30N4O2S/c1-16-5-7-18(8-6-16)12-26-13-20-21(14-26)30(28,29)15-19-10-24-23(25-22(19)20)27-9-3-4-17(2)11-27/h5-8,10,17,20-21H,3-4,9,11-15H2,1-2H3/t17-,20+,21-/m1/s1. The molecule has 0 aliphatic carbocycles. The molecule has 3 aliphatic heterocycles. The summed E-state index contributed by atoms with van der Waals surface area (Å²) in [5.74, 6) is 1.42. The SMILES string of the molecule is Cc1ccc(CN2C[C@@H]3c4nc(N5CCC[C@@H](C)C5)ncc4CS(=O)(=O)[C@@H]3C2)cc1. The monoisotopic (exact) mass is 426 g/mol. The third-order valence-corrected chi connectivity index (χ3v) is 8.98. The molecule has 0 saturated carbocycles. The minimum absolute atomic E-state index is 0.0619. The van der Waals surface area contributed by atoms with E-state index in [2.05, 4.69) is 52.9 Å². The molecule has 5 rings (SSSR count). The molecule has 30 heavy (non-hydrogen) atoms. The lowest BCUT2D eigenvalue weighted by atomic mass is 9.99. The Kier molecular flexibility index (Phi) is 5.06. The van der Waals surface area contributed by atoms with Crippen LogP contribution in [-0.2, 0) is 22.1 Å². The van der Waals surface area contributed by atoms with Crippen molar-refractivity contribution in [3.63, 3.8) is 0 Å². The first-order chi connectivity index (χ1) is 14.4. The molecule has 6 nitrogen and oxygen atoms in total. The molecule has 0 N–H and O–H groups in total. The number of piperidine rings is 1. The summed E-state index contributed by atoms with van der Waals surface area (Å²) < 4.78 is 26.0. The number of rotatable bonds is 3. The summed E-state index contributed by atoms with van der Waals surface area (Å²) in [4.78, 5) is 14.1. The van der Waals surface area contributed by atoms with Gasteiger partial charge in [-0.05, 0) is 31.2 Å². The van der Waals surface area contributed by atoms with Crippen LogP contribution >= 0.6 is 0 Å². The van der Waals surface area contributed by atoms with Gasteiger partial charge in [0.2, 0.25) is 5.95 Å². The van der Waals surface area contributed by atoms with Crippen molar-refractivity contribution in [3.05, 3.63) is 52.8 Å². The van der Waals surface area contributed by atoms with Crippen LogP contribution in [0.4, 0.5) is 5.95 Å². The average Bonchev–Trinajstić information content (AvgIpc) is 3.15. The van der Waals surface area contributed by atoms with Crippen molar-refractivity contribution in [2.75, 3.05) is 31.1 Å². The number of aryl methyl sites for hydroxylation is 1. The normalized spacial score (nSPS) is 28.2. The van der Waals surface area contributed by atoms with E-state index in [1.807, 2.05) is 0 Å². The Morgan fingerprint density at radius 3 is 2.70 bits per heavy atom. The Labute approximate surface area is 179 Å². The van der Waals surface area contributed by atoms with Crippen molar-refractivity contribution in [2.45, 2.75) is 50.2 Å². The fraction of sp³-hybridized carbons (Fsp3) is 0.565. The minimum Gasteiger partial charge on any atom is -0.341 e. The summed E-state index contributed by atoms with van der Waals surface area (Å²) in [7, 11) is -3.19. The molecule has 1 aromatic heterocycles. The zero-order chi connectivity index (χ0) is 20.9. The van der Waals surface area contributed by atoms with Gasteiger partial charge in [-0.3, -0.25) is 4.90 Å². The molecule has 160 valence electrons. The van der Waals surface area contributed by atoms with Crippen LogP contribution in [0, 0.1) is 12.8 Å². The van der Waals surface area contributed by atoms with E-state index in [0.717, 1.165) is 49.8 Å².